The molecule has 0 aromatic heterocycles. The van der Waals surface area contributed by atoms with Gasteiger partial charge >= 0.3 is 0 Å². The van der Waals surface area contributed by atoms with Crippen LogP contribution in [0.2, 0.25) is 0 Å². The Hall–Kier alpha value is -2.41. The van der Waals surface area contributed by atoms with E-state index in [1.54, 1.807) is 12.2 Å². The molecular weight excluding hydrogens is 220 g/mol. The van der Waals surface area contributed by atoms with Gasteiger partial charge in [0.2, 0.25) is 0 Å². The van der Waals surface area contributed by atoms with E-state index in [9.17, 15) is 4.79 Å². The molecule has 0 saturated heterocycles. The highest BCUT2D eigenvalue weighted by Gasteiger charge is 2.03. The van der Waals surface area contributed by atoms with Gasteiger partial charge in [-0.1, -0.05) is 73.3 Å². The van der Waals surface area contributed by atoms with Gasteiger partial charge in [-0.05, 0) is 17.2 Å². The maximum atomic E-state index is 12.1. The number of hydrogen-bond donors (Lipinski definition) is 0. The molecule has 0 amide bonds. The largest absolute Gasteiger partial charge is 0.289 e. The summed E-state index contributed by atoms with van der Waals surface area (Å²) in [6, 6.07) is 19.0. The molecule has 0 N–H and O–H groups in total. The predicted molar refractivity (Wildman–Crippen MR) is 75.4 cm³/mol. The minimum absolute atomic E-state index is 0.00523. The minimum atomic E-state index is -0.00523. The van der Waals surface area contributed by atoms with E-state index in [1.165, 1.54) is 0 Å². The van der Waals surface area contributed by atoms with Crippen LogP contribution in [-0.2, 0) is 0 Å². The zero-order chi connectivity index (χ0) is 12.8. The van der Waals surface area contributed by atoms with Gasteiger partial charge in [-0.25, -0.2) is 0 Å². The van der Waals surface area contributed by atoms with Gasteiger partial charge in [0.05, 0.1) is 0 Å². The summed E-state index contributed by atoms with van der Waals surface area (Å²) in [5.41, 5.74) is 2.52. The highest BCUT2D eigenvalue weighted by Crippen LogP contribution is 2.16. The predicted octanol–water partition coefficient (Wildman–Crippen LogP) is 4.14. The molecule has 88 valence electrons. The minimum Gasteiger partial charge on any atom is -0.289 e. The van der Waals surface area contributed by atoms with Crippen molar-refractivity contribution in [2.45, 2.75) is 0 Å². The van der Waals surface area contributed by atoms with Crippen LogP contribution in [0, 0.1) is 0 Å². The molecular formula is C17H14O. The van der Waals surface area contributed by atoms with Crippen molar-refractivity contribution in [2.75, 3.05) is 0 Å². The molecule has 0 saturated carbocycles. The van der Waals surface area contributed by atoms with Crippen molar-refractivity contribution < 1.29 is 4.79 Å². The van der Waals surface area contributed by atoms with Crippen molar-refractivity contribution >= 4 is 11.4 Å². The highest BCUT2D eigenvalue weighted by molar-refractivity contribution is 6.09. The fourth-order valence-corrected chi connectivity index (χ4v) is 1.72. The van der Waals surface area contributed by atoms with Crippen molar-refractivity contribution in [2.24, 2.45) is 0 Å². The molecule has 0 atom stereocenters. The smallest absolute Gasteiger partial charge is 0.186 e. The molecule has 1 heteroatoms. The maximum absolute atomic E-state index is 12.1. The molecule has 0 bridgehead atoms. The first-order valence-electron chi connectivity index (χ1n) is 5.80. The van der Waals surface area contributed by atoms with Gasteiger partial charge in [0.15, 0.2) is 5.78 Å². The number of ketones is 1. The monoisotopic (exact) mass is 234 g/mol. The number of carbonyl (C=O) groups excluding carboxylic acids is 1. The fraction of sp³-hybridized carbons (Fsp3) is 0. The summed E-state index contributed by atoms with van der Waals surface area (Å²) in [7, 11) is 0. The van der Waals surface area contributed by atoms with Gasteiger partial charge in [0.25, 0.3) is 0 Å². The summed E-state index contributed by atoms with van der Waals surface area (Å²) >= 11 is 0. The average Bonchev–Trinajstić information content (AvgIpc) is 2.46. The molecule has 0 heterocycles. The van der Waals surface area contributed by atoms with Crippen LogP contribution in [0.3, 0.4) is 0 Å². The lowest BCUT2D eigenvalue weighted by atomic mass is 10.0. The van der Waals surface area contributed by atoms with Crippen molar-refractivity contribution in [3.8, 4) is 0 Å². The lowest BCUT2D eigenvalue weighted by Gasteiger charge is -2.02. The summed E-state index contributed by atoms with van der Waals surface area (Å²) in [6.07, 6.45) is 3.33. The molecule has 0 unspecified atom stereocenters. The van der Waals surface area contributed by atoms with E-state index in [2.05, 4.69) is 6.58 Å². The Balaban J connectivity index is 2.32. The topological polar surface area (TPSA) is 17.1 Å². The standard InChI is InChI=1S/C17H14O/c1-2-14(15-9-5-3-6-10-15)13-17(18)16-11-7-4-8-12-16/h2-13H,1H2. The van der Waals surface area contributed by atoms with Crippen LogP contribution in [0.4, 0.5) is 0 Å². The number of benzene rings is 2. The van der Waals surface area contributed by atoms with E-state index < -0.39 is 0 Å². The van der Waals surface area contributed by atoms with Gasteiger partial charge in [-0.3, -0.25) is 4.79 Å². The van der Waals surface area contributed by atoms with Gasteiger partial charge < -0.3 is 0 Å². The normalized spacial score (nSPS) is 11.0. The Morgan fingerprint density at radius 1 is 0.833 bits per heavy atom. The van der Waals surface area contributed by atoms with Crippen molar-refractivity contribution in [3.05, 3.63) is 90.5 Å². The second-order valence-corrected chi connectivity index (χ2v) is 3.90. The Labute approximate surface area is 107 Å². The molecule has 1 nitrogen and oxygen atoms in total. The molecule has 0 aliphatic rings. The second-order valence-electron chi connectivity index (χ2n) is 3.90. The summed E-state index contributed by atoms with van der Waals surface area (Å²) in [6.45, 7) is 3.76. The maximum Gasteiger partial charge on any atom is 0.186 e. The molecule has 0 fully saturated rings. The van der Waals surface area contributed by atoms with Crippen molar-refractivity contribution in [1.29, 1.82) is 0 Å². The Morgan fingerprint density at radius 3 is 1.83 bits per heavy atom. The van der Waals surface area contributed by atoms with Gasteiger partial charge in [0, 0.05) is 5.56 Å². The second kappa shape index (κ2) is 5.78. The van der Waals surface area contributed by atoms with Crippen LogP contribution in [0.1, 0.15) is 15.9 Å². The van der Waals surface area contributed by atoms with E-state index in [1.807, 2.05) is 60.7 Å². The Morgan fingerprint density at radius 2 is 1.33 bits per heavy atom. The molecule has 0 radical (unpaired) electrons. The third kappa shape index (κ3) is 2.83. The van der Waals surface area contributed by atoms with Crippen LogP contribution in [0.5, 0.6) is 0 Å². The molecule has 2 aromatic rings. The molecule has 18 heavy (non-hydrogen) atoms. The number of allylic oxidation sites excluding steroid dienone is 3. The molecule has 0 aliphatic carbocycles. The van der Waals surface area contributed by atoms with Crippen molar-refractivity contribution in [3.63, 3.8) is 0 Å². The first-order chi connectivity index (χ1) is 8.81. The van der Waals surface area contributed by atoms with E-state index >= 15 is 0 Å². The molecule has 0 aliphatic heterocycles. The summed E-state index contributed by atoms with van der Waals surface area (Å²) < 4.78 is 0. The van der Waals surface area contributed by atoms with E-state index in [0.29, 0.717) is 5.56 Å². The van der Waals surface area contributed by atoms with Gasteiger partial charge in [-0.15, -0.1) is 0 Å². The highest BCUT2D eigenvalue weighted by atomic mass is 16.1. The molecule has 2 aromatic carbocycles. The van der Waals surface area contributed by atoms with E-state index in [4.69, 9.17) is 0 Å². The summed E-state index contributed by atoms with van der Waals surface area (Å²) in [5.74, 6) is -0.00523. The SMILES string of the molecule is C=CC(=CC(=O)c1ccccc1)c1ccccc1. The van der Waals surface area contributed by atoms with E-state index in [-0.39, 0.29) is 5.78 Å². The van der Waals surface area contributed by atoms with Crippen LogP contribution >= 0.6 is 0 Å². The van der Waals surface area contributed by atoms with E-state index in [0.717, 1.165) is 11.1 Å². The average molecular weight is 234 g/mol. The molecule has 0 spiro atoms. The lowest BCUT2D eigenvalue weighted by Crippen LogP contribution is -1.95. The molecule has 2 rings (SSSR count). The first kappa shape index (κ1) is 12.1. The van der Waals surface area contributed by atoms with Crippen molar-refractivity contribution in [1.82, 2.24) is 0 Å². The zero-order valence-corrected chi connectivity index (χ0v) is 10.0. The summed E-state index contributed by atoms with van der Waals surface area (Å²) in [5, 5.41) is 0. The van der Waals surface area contributed by atoms with Gasteiger partial charge in [0.1, 0.15) is 0 Å². The van der Waals surface area contributed by atoms with Crippen LogP contribution in [0.15, 0.2) is 79.4 Å². The lowest BCUT2D eigenvalue weighted by molar-refractivity contribution is 0.104. The quantitative estimate of drug-likeness (QED) is 0.441. The van der Waals surface area contributed by atoms with Crippen LogP contribution < -0.4 is 0 Å². The first-order valence-corrected chi connectivity index (χ1v) is 5.80. The Kier molecular flexibility index (Phi) is 3.87. The van der Waals surface area contributed by atoms with Gasteiger partial charge in [-0.2, -0.15) is 0 Å². The summed E-state index contributed by atoms with van der Waals surface area (Å²) in [4.78, 5) is 12.1. The number of hydrogen-bond acceptors (Lipinski definition) is 1. The number of rotatable bonds is 4. The number of carbonyl (C=O) groups is 1. The fourth-order valence-electron chi connectivity index (χ4n) is 1.72. The third-order valence-corrected chi connectivity index (χ3v) is 2.67. The Bertz CT molecular complexity index is 565. The van der Waals surface area contributed by atoms with Crippen LogP contribution in [-0.4, -0.2) is 5.78 Å². The zero-order valence-electron chi connectivity index (χ0n) is 10.0. The third-order valence-electron chi connectivity index (χ3n) is 2.67. The van der Waals surface area contributed by atoms with Crippen LogP contribution in [0.25, 0.3) is 5.57 Å².